The van der Waals surface area contributed by atoms with Crippen molar-refractivity contribution in [3.8, 4) is 0 Å². The molecule has 1 aliphatic carbocycles. The van der Waals surface area contributed by atoms with Gasteiger partial charge in [-0.05, 0) is 25.2 Å². The second-order valence-electron chi connectivity index (χ2n) is 7.14. The first kappa shape index (κ1) is 15.1. The molecule has 3 aliphatic rings. The summed E-state index contributed by atoms with van der Waals surface area (Å²) in [5.41, 5.74) is 5.35. The molecule has 3 rings (SSSR count). The molecule has 0 aromatic heterocycles. The third kappa shape index (κ3) is 2.90. The average Bonchev–Trinajstić information content (AvgIpc) is 2.65. The Balaban J connectivity index is 1.67. The maximum Gasteiger partial charge on any atom is 0.157 e. The third-order valence-electron chi connectivity index (χ3n) is 5.40. The molecule has 0 spiro atoms. The summed E-state index contributed by atoms with van der Waals surface area (Å²) in [7, 11) is 0. The number of fused-ring (bicyclic) bond motifs is 1. The number of carbonyl (C=O) groups excluding carboxylic acids is 1. The van der Waals surface area contributed by atoms with Gasteiger partial charge in [-0.2, -0.15) is 0 Å². The minimum absolute atomic E-state index is 0.0847. The van der Waals surface area contributed by atoms with E-state index < -0.39 is 5.41 Å². The van der Waals surface area contributed by atoms with Gasteiger partial charge in [-0.1, -0.05) is 13.8 Å². The summed E-state index contributed by atoms with van der Waals surface area (Å²) < 4.78 is 0. The average molecular weight is 295 g/mol. The standard InChI is InChI=1S/C15H25N3O3/c1-15(2,10-6-11(19)7-10)14(20)12-5-9-8-16-4-3-13(9)21-18-17-12/h4,9-13,17-19H,3,5-8H2,1-2H3. The third-order valence-corrected chi connectivity index (χ3v) is 5.40. The number of aliphatic imine (C=N–C) groups is 1. The van der Waals surface area contributed by atoms with Crippen LogP contribution in [0.5, 0.6) is 0 Å². The monoisotopic (exact) mass is 295 g/mol. The van der Waals surface area contributed by atoms with Crippen LogP contribution in [0.25, 0.3) is 0 Å². The molecule has 3 atom stereocenters. The highest BCUT2D eigenvalue weighted by Gasteiger charge is 2.47. The maximum atomic E-state index is 12.9. The molecule has 6 heteroatoms. The van der Waals surface area contributed by atoms with E-state index in [0.717, 1.165) is 32.2 Å². The van der Waals surface area contributed by atoms with Gasteiger partial charge in [0.2, 0.25) is 0 Å². The molecule has 0 bridgehead atoms. The molecule has 6 nitrogen and oxygen atoms in total. The topological polar surface area (TPSA) is 83.0 Å². The van der Waals surface area contributed by atoms with Crippen LogP contribution in [0.3, 0.4) is 0 Å². The number of hydrogen-bond acceptors (Lipinski definition) is 6. The van der Waals surface area contributed by atoms with Crippen LogP contribution in [0, 0.1) is 17.3 Å². The Morgan fingerprint density at radius 1 is 1.38 bits per heavy atom. The predicted molar refractivity (Wildman–Crippen MR) is 78.5 cm³/mol. The van der Waals surface area contributed by atoms with Crippen molar-refractivity contribution >= 4 is 12.0 Å². The summed E-state index contributed by atoms with van der Waals surface area (Å²) in [6.07, 6.45) is 4.73. The summed E-state index contributed by atoms with van der Waals surface area (Å²) in [5, 5.41) is 9.50. The number of hydrogen-bond donors (Lipinski definition) is 3. The predicted octanol–water partition coefficient (Wildman–Crippen LogP) is 0.610. The summed E-state index contributed by atoms with van der Waals surface area (Å²) in [6.45, 7) is 4.71. The van der Waals surface area contributed by atoms with E-state index in [1.165, 1.54) is 0 Å². The zero-order valence-electron chi connectivity index (χ0n) is 12.7. The van der Waals surface area contributed by atoms with Crippen LogP contribution in [0.2, 0.25) is 0 Å². The second kappa shape index (κ2) is 5.76. The summed E-state index contributed by atoms with van der Waals surface area (Å²) in [4.78, 5) is 22.8. The Bertz CT molecular complexity index is 432. The molecule has 1 saturated heterocycles. The normalized spacial score (nSPS) is 40.0. The lowest BCUT2D eigenvalue weighted by atomic mass is 9.62. The second-order valence-corrected chi connectivity index (χ2v) is 7.14. The van der Waals surface area contributed by atoms with Gasteiger partial charge in [0, 0.05) is 30.5 Å². The van der Waals surface area contributed by atoms with Crippen molar-refractivity contribution < 1.29 is 14.7 Å². The molecule has 0 aromatic rings. The number of Topliss-reactive ketones (excluding diaryl/α,β-unsaturated/α-hetero) is 1. The van der Waals surface area contributed by atoms with Crippen molar-refractivity contribution in [1.82, 2.24) is 11.0 Å². The molecule has 1 saturated carbocycles. The van der Waals surface area contributed by atoms with E-state index in [2.05, 4.69) is 16.0 Å². The van der Waals surface area contributed by atoms with Crippen LogP contribution < -0.4 is 11.0 Å². The van der Waals surface area contributed by atoms with E-state index in [4.69, 9.17) is 4.84 Å². The van der Waals surface area contributed by atoms with Crippen LogP contribution in [-0.4, -0.2) is 41.9 Å². The minimum atomic E-state index is -0.420. The lowest BCUT2D eigenvalue weighted by molar-refractivity contribution is -0.138. The van der Waals surface area contributed by atoms with E-state index in [-0.39, 0.29) is 35.9 Å². The molecule has 2 fully saturated rings. The molecule has 3 unspecified atom stereocenters. The molecule has 0 aromatic carbocycles. The number of rotatable bonds is 3. The largest absolute Gasteiger partial charge is 0.393 e. The molecule has 2 heterocycles. The molecular weight excluding hydrogens is 270 g/mol. The summed E-state index contributed by atoms with van der Waals surface area (Å²) in [6, 6.07) is -0.263. The Hall–Kier alpha value is -0.820. The number of ketones is 1. The van der Waals surface area contributed by atoms with Crippen molar-refractivity contribution in [3.63, 3.8) is 0 Å². The highest BCUT2D eigenvalue weighted by molar-refractivity contribution is 5.89. The van der Waals surface area contributed by atoms with E-state index in [9.17, 15) is 9.90 Å². The highest BCUT2D eigenvalue weighted by Crippen LogP contribution is 2.43. The number of carbonyl (C=O) groups is 1. The lowest BCUT2D eigenvalue weighted by Crippen LogP contribution is -2.53. The summed E-state index contributed by atoms with van der Waals surface area (Å²) in [5.74, 6) is 0.742. The van der Waals surface area contributed by atoms with Crippen molar-refractivity contribution in [2.24, 2.45) is 22.2 Å². The number of nitrogens with zero attached hydrogens (tertiary/aromatic N) is 1. The van der Waals surface area contributed by atoms with Gasteiger partial charge in [0.05, 0.1) is 18.2 Å². The van der Waals surface area contributed by atoms with E-state index >= 15 is 0 Å². The molecule has 21 heavy (non-hydrogen) atoms. The van der Waals surface area contributed by atoms with Gasteiger partial charge in [-0.25, -0.2) is 5.43 Å². The molecule has 3 N–H and O–H groups in total. The lowest BCUT2D eigenvalue weighted by Gasteiger charge is -2.43. The number of hydrazine groups is 1. The number of aliphatic hydroxyl groups excluding tert-OH is 1. The van der Waals surface area contributed by atoms with Crippen molar-refractivity contribution in [2.45, 2.75) is 57.8 Å². The quantitative estimate of drug-likeness (QED) is 0.710. The minimum Gasteiger partial charge on any atom is -0.393 e. The molecule has 0 radical (unpaired) electrons. The van der Waals surface area contributed by atoms with Crippen molar-refractivity contribution in [3.05, 3.63) is 0 Å². The molecular formula is C15H25N3O3. The Morgan fingerprint density at radius 2 is 2.14 bits per heavy atom. The van der Waals surface area contributed by atoms with Crippen LogP contribution in [0.4, 0.5) is 0 Å². The first-order valence-corrected chi connectivity index (χ1v) is 7.85. The summed E-state index contributed by atoms with van der Waals surface area (Å²) >= 11 is 0. The van der Waals surface area contributed by atoms with Crippen LogP contribution in [-0.2, 0) is 9.63 Å². The van der Waals surface area contributed by atoms with Gasteiger partial charge in [0.15, 0.2) is 5.78 Å². The van der Waals surface area contributed by atoms with Gasteiger partial charge in [0.25, 0.3) is 0 Å². The van der Waals surface area contributed by atoms with Crippen molar-refractivity contribution in [2.75, 3.05) is 6.54 Å². The zero-order chi connectivity index (χ0) is 15.0. The van der Waals surface area contributed by atoms with E-state index in [1.807, 2.05) is 20.1 Å². The fraction of sp³-hybridized carbons (Fsp3) is 0.867. The molecule has 118 valence electrons. The zero-order valence-corrected chi connectivity index (χ0v) is 12.7. The van der Waals surface area contributed by atoms with Gasteiger partial charge in [0.1, 0.15) is 0 Å². The van der Waals surface area contributed by atoms with Crippen molar-refractivity contribution in [1.29, 1.82) is 0 Å². The smallest absolute Gasteiger partial charge is 0.157 e. The fourth-order valence-electron chi connectivity index (χ4n) is 3.61. The van der Waals surface area contributed by atoms with Gasteiger partial charge < -0.3 is 5.11 Å². The van der Waals surface area contributed by atoms with Crippen LogP contribution in [0.15, 0.2) is 4.99 Å². The number of aliphatic hydroxyl groups is 1. The Morgan fingerprint density at radius 3 is 2.86 bits per heavy atom. The maximum absolute atomic E-state index is 12.9. The van der Waals surface area contributed by atoms with Gasteiger partial charge in [-0.15, -0.1) is 5.59 Å². The van der Waals surface area contributed by atoms with Crippen LogP contribution in [0.1, 0.15) is 39.5 Å². The Labute approximate surface area is 125 Å². The fourth-order valence-corrected chi connectivity index (χ4v) is 3.61. The SMILES string of the molecule is CC(C)(C(=O)C1CC2CN=CCC2ONN1)C1CC(O)C1. The van der Waals surface area contributed by atoms with Gasteiger partial charge >= 0.3 is 0 Å². The van der Waals surface area contributed by atoms with E-state index in [1.54, 1.807) is 0 Å². The highest BCUT2D eigenvalue weighted by atomic mass is 16.7. The van der Waals surface area contributed by atoms with Gasteiger partial charge in [-0.3, -0.25) is 14.6 Å². The number of nitrogens with one attached hydrogen (secondary N) is 2. The first-order valence-electron chi connectivity index (χ1n) is 7.85. The first-order chi connectivity index (χ1) is 9.98. The van der Waals surface area contributed by atoms with Crippen LogP contribution >= 0.6 is 0 Å². The van der Waals surface area contributed by atoms with E-state index in [0.29, 0.717) is 0 Å². The molecule has 0 amide bonds. The molecule has 2 aliphatic heterocycles. The Kier molecular flexibility index (Phi) is 4.14.